The molecule has 112 valence electrons. The van der Waals surface area contributed by atoms with E-state index in [-0.39, 0.29) is 10.6 Å². The Morgan fingerprint density at radius 2 is 1.81 bits per heavy atom. The van der Waals surface area contributed by atoms with Gasteiger partial charge in [0.1, 0.15) is 5.75 Å². The van der Waals surface area contributed by atoms with Crippen molar-refractivity contribution in [2.75, 3.05) is 7.11 Å². The Kier molecular flexibility index (Phi) is 4.88. The van der Waals surface area contributed by atoms with E-state index < -0.39 is 9.84 Å². The third-order valence-electron chi connectivity index (χ3n) is 3.10. The van der Waals surface area contributed by atoms with Crippen LogP contribution < -0.4 is 10.5 Å². The van der Waals surface area contributed by atoms with E-state index in [0.29, 0.717) is 22.9 Å². The molecule has 0 fully saturated rings. The third kappa shape index (κ3) is 3.75. The van der Waals surface area contributed by atoms with E-state index in [1.807, 2.05) is 6.07 Å². The molecule has 0 atom stereocenters. The van der Waals surface area contributed by atoms with Crippen molar-refractivity contribution in [3.8, 4) is 5.75 Å². The number of halogens is 1. The van der Waals surface area contributed by atoms with E-state index in [1.54, 1.807) is 24.3 Å². The highest BCUT2D eigenvalue weighted by atomic mass is 35.5. The second-order valence-electron chi connectivity index (χ2n) is 4.56. The summed E-state index contributed by atoms with van der Waals surface area (Å²) in [5, 5.41) is 0.497. The molecule has 0 radical (unpaired) electrons. The molecule has 0 unspecified atom stereocenters. The molecule has 2 rings (SSSR count). The predicted molar refractivity (Wildman–Crippen MR) is 83.2 cm³/mol. The smallest absolute Gasteiger partial charge is 0.182 e. The van der Waals surface area contributed by atoms with E-state index in [2.05, 4.69) is 0 Å². The van der Waals surface area contributed by atoms with Gasteiger partial charge in [-0.1, -0.05) is 17.7 Å². The van der Waals surface area contributed by atoms with Crippen LogP contribution in [0.3, 0.4) is 0 Å². The number of hydrogen-bond donors (Lipinski definition) is 1. The van der Waals surface area contributed by atoms with Crippen molar-refractivity contribution in [1.82, 2.24) is 0 Å². The van der Waals surface area contributed by atoms with Gasteiger partial charge in [-0.15, -0.1) is 0 Å². The molecule has 21 heavy (non-hydrogen) atoms. The molecule has 2 aromatic carbocycles. The molecular weight excluding hydrogens is 310 g/mol. The van der Waals surface area contributed by atoms with Gasteiger partial charge < -0.3 is 10.5 Å². The zero-order valence-electron chi connectivity index (χ0n) is 11.5. The van der Waals surface area contributed by atoms with Crippen LogP contribution in [0.4, 0.5) is 0 Å². The first kappa shape index (κ1) is 15.8. The van der Waals surface area contributed by atoms with Crippen molar-refractivity contribution in [3.05, 3.63) is 58.6 Å². The molecule has 0 aromatic heterocycles. The van der Waals surface area contributed by atoms with Crippen molar-refractivity contribution in [2.45, 2.75) is 17.2 Å². The summed E-state index contributed by atoms with van der Waals surface area (Å²) in [6, 6.07) is 11.4. The van der Waals surface area contributed by atoms with Gasteiger partial charge >= 0.3 is 0 Å². The Morgan fingerprint density at radius 1 is 1.14 bits per heavy atom. The molecule has 2 N–H and O–H groups in total. The van der Waals surface area contributed by atoms with Gasteiger partial charge in [0.15, 0.2) is 9.84 Å². The zero-order chi connectivity index (χ0) is 15.5. The first-order valence-electron chi connectivity index (χ1n) is 6.30. The second-order valence-corrected chi connectivity index (χ2v) is 6.99. The Bertz CT molecular complexity index is 727. The molecule has 0 spiro atoms. The summed E-state index contributed by atoms with van der Waals surface area (Å²) >= 11 is 5.78. The molecule has 0 aliphatic rings. The molecule has 0 aliphatic heterocycles. The van der Waals surface area contributed by atoms with Crippen molar-refractivity contribution in [1.29, 1.82) is 0 Å². The Morgan fingerprint density at radius 3 is 2.38 bits per heavy atom. The third-order valence-corrected chi connectivity index (χ3v) is 5.03. The molecule has 6 heteroatoms. The number of nitrogens with two attached hydrogens (primary N) is 1. The van der Waals surface area contributed by atoms with E-state index in [0.717, 1.165) is 5.56 Å². The summed E-state index contributed by atoms with van der Waals surface area (Å²) < 4.78 is 30.1. The van der Waals surface area contributed by atoms with Gasteiger partial charge in [0.05, 0.1) is 17.8 Å². The van der Waals surface area contributed by atoms with Gasteiger partial charge in [0, 0.05) is 17.1 Å². The van der Waals surface area contributed by atoms with E-state index in [4.69, 9.17) is 22.1 Å². The van der Waals surface area contributed by atoms with Crippen molar-refractivity contribution in [3.63, 3.8) is 0 Å². The maximum absolute atomic E-state index is 12.5. The SMILES string of the molecule is COc1ccc(CN)cc1CS(=O)(=O)c1ccc(Cl)cc1. The number of benzene rings is 2. The van der Waals surface area contributed by atoms with Crippen LogP contribution in [-0.4, -0.2) is 15.5 Å². The highest BCUT2D eigenvalue weighted by Crippen LogP contribution is 2.25. The first-order valence-corrected chi connectivity index (χ1v) is 8.33. The number of ether oxygens (including phenoxy) is 1. The normalized spacial score (nSPS) is 11.4. The van der Waals surface area contributed by atoms with Crippen LogP contribution in [-0.2, 0) is 22.1 Å². The zero-order valence-corrected chi connectivity index (χ0v) is 13.1. The quantitative estimate of drug-likeness (QED) is 0.917. The summed E-state index contributed by atoms with van der Waals surface area (Å²) in [4.78, 5) is 0.229. The van der Waals surface area contributed by atoms with Crippen LogP contribution in [0, 0.1) is 0 Å². The van der Waals surface area contributed by atoms with Crippen LogP contribution in [0.5, 0.6) is 5.75 Å². The monoisotopic (exact) mass is 325 g/mol. The average Bonchev–Trinajstić information content (AvgIpc) is 2.47. The van der Waals surface area contributed by atoms with E-state index in [1.165, 1.54) is 19.2 Å². The van der Waals surface area contributed by atoms with Crippen LogP contribution in [0.25, 0.3) is 0 Å². The molecule has 4 nitrogen and oxygen atoms in total. The van der Waals surface area contributed by atoms with Crippen molar-refractivity contribution in [2.24, 2.45) is 5.73 Å². The molecule has 0 saturated carbocycles. The molecular formula is C15H16ClNO3S. The lowest BCUT2D eigenvalue weighted by molar-refractivity contribution is 0.411. The average molecular weight is 326 g/mol. The van der Waals surface area contributed by atoms with Gasteiger partial charge in [-0.05, 0) is 42.0 Å². The van der Waals surface area contributed by atoms with Gasteiger partial charge in [0.25, 0.3) is 0 Å². The Hall–Kier alpha value is -1.56. The second kappa shape index (κ2) is 6.47. The van der Waals surface area contributed by atoms with Gasteiger partial charge in [-0.3, -0.25) is 0 Å². The predicted octanol–water partition coefficient (Wildman–Crippen LogP) is 2.78. The highest BCUT2D eigenvalue weighted by molar-refractivity contribution is 7.90. The fourth-order valence-corrected chi connectivity index (χ4v) is 3.48. The maximum atomic E-state index is 12.5. The lowest BCUT2D eigenvalue weighted by Crippen LogP contribution is -2.07. The Balaban J connectivity index is 2.38. The number of methoxy groups -OCH3 is 1. The van der Waals surface area contributed by atoms with Crippen LogP contribution in [0.15, 0.2) is 47.4 Å². The van der Waals surface area contributed by atoms with Gasteiger partial charge in [-0.25, -0.2) is 8.42 Å². The molecule has 0 amide bonds. The number of hydrogen-bond acceptors (Lipinski definition) is 4. The van der Waals surface area contributed by atoms with E-state index in [9.17, 15) is 8.42 Å². The largest absolute Gasteiger partial charge is 0.496 e. The minimum Gasteiger partial charge on any atom is -0.496 e. The number of sulfone groups is 1. The van der Waals surface area contributed by atoms with Gasteiger partial charge in [0.2, 0.25) is 0 Å². The summed E-state index contributed by atoms with van der Waals surface area (Å²) in [6.45, 7) is 0.345. The first-order chi connectivity index (χ1) is 9.96. The lowest BCUT2D eigenvalue weighted by atomic mass is 10.1. The molecule has 0 saturated heterocycles. The molecule has 0 heterocycles. The van der Waals surface area contributed by atoms with Crippen LogP contribution >= 0.6 is 11.6 Å². The lowest BCUT2D eigenvalue weighted by Gasteiger charge is -2.11. The minimum absolute atomic E-state index is 0.147. The molecule has 0 aliphatic carbocycles. The minimum atomic E-state index is -3.47. The standard InChI is InChI=1S/C15H16ClNO3S/c1-20-15-7-2-11(9-17)8-12(15)10-21(18,19)14-5-3-13(16)4-6-14/h2-8H,9-10,17H2,1H3. The topological polar surface area (TPSA) is 69.4 Å². The van der Waals surface area contributed by atoms with Crippen LogP contribution in [0.2, 0.25) is 5.02 Å². The summed E-state index contributed by atoms with van der Waals surface area (Å²) in [5.74, 6) is 0.385. The summed E-state index contributed by atoms with van der Waals surface area (Å²) in [5.41, 5.74) is 7.05. The molecule has 2 aromatic rings. The fourth-order valence-electron chi connectivity index (χ4n) is 2.00. The van der Waals surface area contributed by atoms with Crippen molar-refractivity contribution >= 4 is 21.4 Å². The Labute approximate surface area is 129 Å². The van der Waals surface area contributed by atoms with Gasteiger partial charge in [-0.2, -0.15) is 0 Å². The highest BCUT2D eigenvalue weighted by Gasteiger charge is 2.18. The maximum Gasteiger partial charge on any atom is 0.182 e. The summed E-state index contributed by atoms with van der Waals surface area (Å²) in [6.07, 6.45) is 0. The summed E-state index contributed by atoms with van der Waals surface area (Å²) in [7, 11) is -1.96. The molecule has 0 bridgehead atoms. The number of rotatable bonds is 5. The van der Waals surface area contributed by atoms with E-state index >= 15 is 0 Å². The van der Waals surface area contributed by atoms with Crippen LogP contribution in [0.1, 0.15) is 11.1 Å². The fraction of sp³-hybridized carbons (Fsp3) is 0.200. The van der Waals surface area contributed by atoms with Crippen molar-refractivity contribution < 1.29 is 13.2 Å².